The predicted octanol–water partition coefficient (Wildman–Crippen LogP) is 4.37. The minimum Gasteiger partial charge on any atom is -0.371 e. The number of piperidine rings is 1. The normalized spacial score (nSPS) is 15.8. The summed E-state index contributed by atoms with van der Waals surface area (Å²) in [5.41, 5.74) is 4.49. The number of aryl methyl sites for hydroxylation is 1. The van der Waals surface area contributed by atoms with E-state index in [1.54, 1.807) is 6.20 Å². The number of hydrogen-bond donors (Lipinski definition) is 0. The summed E-state index contributed by atoms with van der Waals surface area (Å²) in [5.74, 6) is 0.565. The molecule has 1 aliphatic rings. The molecular formula is C19H19ClN4. The van der Waals surface area contributed by atoms with Gasteiger partial charge in [0.15, 0.2) is 0 Å². The van der Waals surface area contributed by atoms with Crippen molar-refractivity contribution in [3.8, 4) is 0 Å². The molecule has 0 unspecified atom stereocenters. The first-order chi connectivity index (χ1) is 11.7. The highest BCUT2D eigenvalue weighted by Crippen LogP contribution is 2.35. The number of aromatic nitrogens is 3. The summed E-state index contributed by atoms with van der Waals surface area (Å²) in [6, 6.07) is 8.39. The molecule has 0 amide bonds. The van der Waals surface area contributed by atoms with Gasteiger partial charge in [-0.1, -0.05) is 23.7 Å². The van der Waals surface area contributed by atoms with Gasteiger partial charge in [-0.3, -0.25) is 4.98 Å². The number of rotatable bonds is 2. The van der Waals surface area contributed by atoms with Crippen molar-refractivity contribution in [2.45, 2.75) is 25.7 Å². The molecule has 0 atom stereocenters. The second kappa shape index (κ2) is 6.36. The molecular weight excluding hydrogens is 320 g/mol. The summed E-state index contributed by atoms with van der Waals surface area (Å²) in [7, 11) is 0. The van der Waals surface area contributed by atoms with Crippen molar-refractivity contribution >= 4 is 28.2 Å². The topological polar surface area (TPSA) is 41.9 Å². The molecule has 0 bridgehead atoms. The van der Waals surface area contributed by atoms with Crippen LogP contribution in [0.3, 0.4) is 0 Å². The number of halogens is 1. The molecule has 4 rings (SSSR count). The highest BCUT2D eigenvalue weighted by Gasteiger charge is 2.22. The van der Waals surface area contributed by atoms with Gasteiger partial charge in [0.25, 0.3) is 0 Å². The fourth-order valence-electron chi connectivity index (χ4n) is 3.54. The van der Waals surface area contributed by atoms with Crippen LogP contribution in [-0.2, 0) is 0 Å². The number of pyridine rings is 1. The lowest BCUT2D eigenvalue weighted by molar-refractivity contribution is 0.504. The number of anilines is 1. The lowest BCUT2D eigenvalue weighted by atomic mass is 9.90. The van der Waals surface area contributed by atoms with Crippen molar-refractivity contribution in [3.05, 3.63) is 59.0 Å². The Morgan fingerprint density at radius 2 is 1.88 bits per heavy atom. The Kier molecular flexibility index (Phi) is 4.07. The van der Waals surface area contributed by atoms with Gasteiger partial charge in [-0.2, -0.15) is 10.2 Å². The van der Waals surface area contributed by atoms with Gasteiger partial charge < -0.3 is 4.90 Å². The van der Waals surface area contributed by atoms with Gasteiger partial charge in [0, 0.05) is 36.6 Å². The Bertz CT molecular complexity index is 858. The Labute approximate surface area is 146 Å². The quantitative estimate of drug-likeness (QED) is 0.695. The van der Waals surface area contributed by atoms with Gasteiger partial charge in [0.2, 0.25) is 0 Å². The standard InChI is InChI=1S/C19H19ClN4/c1-13-2-3-16-17(5-8-21-19(16)18(13)20)24-10-6-14(7-11-24)15-4-9-22-23-12-15/h2-5,8-9,12,14H,6-7,10-11H2,1H3. The van der Waals surface area contributed by atoms with E-state index in [0.29, 0.717) is 5.92 Å². The van der Waals surface area contributed by atoms with Crippen molar-refractivity contribution in [3.63, 3.8) is 0 Å². The maximum atomic E-state index is 6.45. The molecule has 0 spiro atoms. The zero-order chi connectivity index (χ0) is 16.5. The zero-order valence-electron chi connectivity index (χ0n) is 13.6. The molecule has 1 saturated heterocycles. The fourth-order valence-corrected chi connectivity index (χ4v) is 3.76. The Hall–Kier alpha value is -2.20. The summed E-state index contributed by atoms with van der Waals surface area (Å²) in [5, 5.41) is 9.77. The molecule has 3 heterocycles. The third-order valence-corrected chi connectivity index (χ3v) is 5.41. The van der Waals surface area contributed by atoms with E-state index in [1.807, 2.05) is 19.3 Å². The van der Waals surface area contributed by atoms with Crippen LogP contribution in [0.15, 0.2) is 42.9 Å². The highest BCUT2D eigenvalue weighted by atomic mass is 35.5. The van der Waals surface area contributed by atoms with E-state index < -0.39 is 0 Å². The van der Waals surface area contributed by atoms with E-state index in [-0.39, 0.29) is 0 Å². The van der Waals surface area contributed by atoms with Crippen LogP contribution >= 0.6 is 11.6 Å². The van der Waals surface area contributed by atoms with Gasteiger partial charge in [-0.25, -0.2) is 0 Å². The Morgan fingerprint density at radius 3 is 2.62 bits per heavy atom. The summed E-state index contributed by atoms with van der Waals surface area (Å²) in [6.07, 6.45) is 7.78. The minimum atomic E-state index is 0.565. The van der Waals surface area contributed by atoms with Crippen LogP contribution in [0.5, 0.6) is 0 Å². The van der Waals surface area contributed by atoms with E-state index in [4.69, 9.17) is 11.6 Å². The van der Waals surface area contributed by atoms with E-state index >= 15 is 0 Å². The lowest BCUT2D eigenvalue weighted by Gasteiger charge is -2.34. The number of fused-ring (bicyclic) bond motifs is 1. The lowest BCUT2D eigenvalue weighted by Crippen LogP contribution is -2.33. The second-order valence-corrected chi connectivity index (χ2v) is 6.74. The van der Waals surface area contributed by atoms with Gasteiger partial charge in [-0.15, -0.1) is 0 Å². The molecule has 1 fully saturated rings. The minimum absolute atomic E-state index is 0.565. The number of hydrogen-bond acceptors (Lipinski definition) is 4. The molecule has 5 heteroatoms. The highest BCUT2D eigenvalue weighted by molar-refractivity contribution is 6.36. The summed E-state index contributed by atoms with van der Waals surface area (Å²) in [6.45, 7) is 4.07. The monoisotopic (exact) mass is 338 g/mol. The molecule has 0 saturated carbocycles. The van der Waals surface area contributed by atoms with Crippen molar-refractivity contribution in [2.24, 2.45) is 0 Å². The van der Waals surface area contributed by atoms with Gasteiger partial charge in [0.05, 0.1) is 16.7 Å². The summed E-state index contributed by atoms with van der Waals surface area (Å²) < 4.78 is 0. The van der Waals surface area contributed by atoms with E-state index in [1.165, 1.54) is 11.3 Å². The molecule has 24 heavy (non-hydrogen) atoms. The number of nitrogens with zero attached hydrogens (tertiary/aromatic N) is 4. The maximum absolute atomic E-state index is 6.45. The average Bonchev–Trinajstić information content (AvgIpc) is 2.65. The van der Waals surface area contributed by atoms with Crippen LogP contribution in [0, 0.1) is 6.92 Å². The Morgan fingerprint density at radius 1 is 1.04 bits per heavy atom. The first-order valence-electron chi connectivity index (χ1n) is 8.29. The molecule has 0 radical (unpaired) electrons. The van der Waals surface area contributed by atoms with Gasteiger partial charge in [-0.05, 0) is 48.9 Å². The summed E-state index contributed by atoms with van der Waals surface area (Å²) >= 11 is 6.45. The van der Waals surface area contributed by atoms with Crippen LogP contribution in [-0.4, -0.2) is 28.3 Å². The van der Waals surface area contributed by atoms with Crippen molar-refractivity contribution < 1.29 is 0 Å². The Balaban J connectivity index is 1.60. The maximum Gasteiger partial charge on any atom is 0.0911 e. The second-order valence-electron chi connectivity index (χ2n) is 6.36. The first-order valence-corrected chi connectivity index (χ1v) is 8.67. The van der Waals surface area contributed by atoms with Crippen molar-refractivity contribution in [2.75, 3.05) is 18.0 Å². The molecule has 3 aromatic rings. The van der Waals surface area contributed by atoms with Crippen LogP contribution in [0.25, 0.3) is 10.9 Å². The van der Waals surface area contributed by atoms with Crippen LogP contribution in [0.1, 0.15) is 29.9 Å². The molecule has 1 aliphatic heterocycles. The summed E-state index contributed by atoms with van der Waals surface area (Å²) in [4.78, 5) is 6.93. The van der Waals surface area contributed by atoms with Crippen LogP contribution in [0.2, 0.25) is 5.02 Å². The van der Waals surface area contributed by atoms with E-state index in [0.717, 1.165) is 47.4 Å². The zero-order valence-corrected chi connectivity index (χ0v) is 14.4. The van der Waals surface area contributed by atoms with E-state index in [2.05, 4.69) is 44.3 Å². The molecule has 0 aliphatic carbocycles. The molecule has 1 aromatic carbocycles. The van der Waals surface area contributed by atoms with E-state index in [9.17, 15) is 0 Å². The number of benzene rings is 1. The van der Waals surface area contributed by atoms with Crippen molar-refractivity contribution in [1.82, 2.24) is 15.2 Å². The third-order valence-electron chi connectivity index (χ3n) is 4.94. The molecule has 122 valence electrons. The molecule has 4 nitrogen and oxygen atoms in total. The molecule has 0 N–H and O–H groups in total. The predicted molar refractivity (Wildman–Crippen MR) is 97.7 cm³/mol. The third kappa shape index (κ3) is 2.71. The van der Waals surface area contributed by atoms with Gasteiger partial charge >= 0.3 is 0 Å². The van der Waals surface area contributed by atoms with Crippen LogP contribution < -0.4 is 4.90 Å². The smallest absolute Gasteiger partial charge is 0.0911 e. The fraction of sp³-hybridized carbons (Fsp3) is 0.316. The largest absolute Gasteiger partial charge is 0.371 e. The van der Waals surface area contributed by atoms with Crippen molar-refractivity contribution in [1.29, 1.82) is 0 Å². The SMILES string of the molecule is Cc1ccc2c(N3CCC(c4ccnnc4)CC3)ccnc2c1Cl. The average molecular weight is 339 g/mol. The van der Waals surface area contributed by atoms with Gasteiger partial charge in [0.1, 0.15) is 0 Å². The molecule has 2 aromatic heterocycles. The first kappa shape index (κ1) is 15.3. The van der Waals surface area contributed by atoms with Crippen LogP contribution in [0.4, 0.5) is 5.69 Å².